The van der Waals surface area contributed by atoms with Crippen molar-refractivity contribution >= 4 is 33.0 Å². The lowest BCUT2D eigenvalue weighted by Crippen LogP contribution is -2.29. The van der Waals surface area contributed by atoms with Gasteiger partial charge in [0.1, 0.15) is 12.4 Å². The van der Waals surface area contributed by atoms with Crippen molar-refractivity contribution in [2.75, 3.05) is 37.3 Å². The molecule has 0 bridgehead atoms. The fourth-order valence-corrected chi connectivity index (χ4v) is 4.92. The summed E-state index contributed by atoms with van der Waals surface area (Å²) in [6, 6.07) is 0. The van der Waals surface area contributed by atoms with E-state index >= 15 is 0 Å². The Morgan fingerprint density at radius 2 is 2.07 bits per heavy atom. The summed E-state index contributed by atoms with van der Waals surface area (Å²) in [5.74, 6) is 0.970. The van der Waals surface area contributed by atoms with Crippen molar-refractivity contribution < 1.29 is 23.1 Å². The van der Waals surface area contributed by atoms with Crippen molar-refractivity contribution in [3.8, 4) is 5.88 Å². The number of hydrogen-bond acceptors (Lipinski definition) is 8. The van der Waals surface area contributed by atoms with Crippen LogP contribution in [0.1, 0.15) is 19.8 Å². The number of fused-ring (bicyclic) bond motifs is 1. The predicted octanol–water partition coefficient (Wildman–Crippen LogP) is 0.601. The number of anilines is 1. The highest BCUT2D eigenvalue weighted by Crippen LogP contribution is 2.30. The monoisotopic (exact) mass is 424 g/mol. The number of rotatable bonds is 5. The third kappa shape index (κ3) is 3.68. The first kappa shape index (κ1) is 19.7. The first-order valence-corrected chi connectivity index (χ1v) is 11.5. The summed E-state index contributed by atoms with van der Waals surface area (Å²) in [5, 5.41) is 8.71. The molecule has 2 aromatic heterocycles. The van der Waals surface area contributed by atoms with Crippen molar-refractivity contribution in [1.29, 1.82) is 0 Å². The maximum Gasteiger partial charge on any atom is 0.407 e. The zero-order valence-electron chi connectivity index (χ0n) is 16.4. The lowest BCUT2D eigenvalue weighted by molar-refractivity contribution is 0.145. The van der Waals surface area contributed by atoms with Gasteiger partial charge >= 0.3 is 6.09 Å². The van der Waals surface area contributed by atoms with E-state index in [0.717, 1.165) is 0 Å². The third-order valence-electron chi connectivity index (χ3n) is 5.52. The van der Waals surface area contributed by atoms with Gasteiger partial charge in [0.15, 0.2) is 21.0 Å². The van der Waals surface area contributed by atoms with Gasteiger partial charge in [-0.2, -0.15) is 4.98 Å². The number of carboxylic acid groups (broad SMARTS) is 1. The van der Waals surface area contributed by atoms with E-state index in [4.69, 9.17) is 14.8 Å². The first-order chi connectivity index (χ1) is 13.8. The van der Waals surface area contributed by atoms with Gasteiger partial charge in [0.25, 0.3) is 0 Å². The third-order valence-corrected chi connectivity index (χ3v) is 7.12. The summed E-state index contributed by atoms with van der Waals surface area (Å²) in [7, 11) is -3.11. The van der Waals surface area contributed by atoms with Gasteiger partial charge in [-0.05, 0) is 13.3 Å². The molecule has 1 amide bonds. The van der Waals surface area contributed by atoms with Crippen molar-refractivity contribution in [3.05, 3.63) is 6.33 Å². The number of carbonyl (C=O) groups is 1. The van der Waals surface area contributed by atoms with Crippen LogP contribution in [-0.2, 0) is 16.4 Å². The van der Waals surface area contributed by atoms with Gasteiger partial charge in [-0.3, -0.25) is 4.57 Å². The minimum atomic E-state index is -3.11. The Kier molecular flexibility index (Phi) is 4.97. The minimum absolute atomic E-state index is 0.282. The molecule has 158 valence electrons. The molecule has 4 rings (SSSR count). The molecule has 4 heterocycles. The van der Waals surface area contributed by atoms with E-state index in [2.05, 4.69) is 9.97 Å². The van der Waals surface area contributed by atoms with Crippen molar-refractivity contribution in [3.63, 3.8) is 0 Å². The van der Waals surface area contributed by atoms with Crippen LogP contribution in [0.3, 0.4) is 0 Å². The molecule has 0 aliphatic carbocycles. The zero-order valence-corrected chi connectivity index (χ0v) is 17.2. The molecule has 2 fully saturated rings. The number of ether oxygens (including phenoxy) is 1. The first-order valence-electron chi connectivity index (χ1n) is 9.57. The average Bonchev–Trinajstić information content (AvgIpc) is 3.39. The second-order valence-corrected chi connectivity index (χ2v) is 9.78. The van der Waals surface area contributed by atoms with Gasteiger partial charge in [-0.15, -0.1) is 0 Å². The van der Waals surface area contributed by atoms with Crippen LogP contribution < -0.4 is 9.64 Å². The molecule has 12 heteroatoms. The fraction of sp³-hybridized carbons (Fsp3) is 0.647. The Morgan fingerprint density at radius 1 is 1.28 bits per heavy atom. The molecule has 2 aliphatic heterocycles. The quantitative estimate of drug-likeness (QED) is 0.733. The highest BCUT2D eigenvalue weighted by molar-refractivity contribution is 7.91. The zero-order chi connectivity index (χ0) is 20.8. The van der Waals surface area contributed by atoms with Crippen LogP contribution in [0.4, 0.5) is 10.7 Å². The van der Waals surface area contributed by atoms with Crippen LogP contribution in [0.2, 0.25) is 0 Å². The van der Waals surface area contributed by atoms with Gasteiger partial charge in [0.05, 0.1) is 11.8 Å². The number of sulfone groups is 1. The van der Waals surface area contributed by atoms with Gasteiger partial charge < -0.3 is 19.6 Å². The van der Waals surface area contributed by atoms with Crippen LogP contribution in [0.5, 0.6) is 5.88 Å². The molecule has 11 nitrogen and oxygen atoms in total. The summed E-state index contributed by atoms with van der Waals surface area (Å²) in [6.07, 6.45) is 2.57. The van der Waals surface area contributed by atoms with E-state index in [1.54, 1.807) is 0 Å². The summed E-state index contributed by atoms with van der Waals surface area (Å²) in [5.41, 5.74) is 1.12. The Morgan fingerprint density at radius 3 is 2.69 bits per heavy atom. The Labute approximate surface area is 168 Å². The number of imidazole rings is 1. The maximum atomic E-state index is 11.9. The highest BCUT2D eigenvalue weighted by atomic mass is 32.2. The molecule has 29 heavy (non-hydrogen) atoms. The molecular formula is C17H24N6O5S. The summed E-state index contributed by atoms with van der Waals surface area (Å²) in [6.45, 7) is 4.27. The van der Waals surface area contributed by atoms with E-state index in [-0.39, 0.29) is 12.6 Å². The molecule has 2 aromatic rings. The van der Waals surface area contributed by atoms with E-state index in [9.17, 15) is 13.2 Å². The smallest absolute Gasteiger partial charge is 0.407 e. The van der Waals surface area contributed by atoms with Crippen LogP contribution in [0.25, 0.3) is 11.2 Å². The number of hydrogen-bond donors (Lipinski definition) is 1. The highest BCUT2D eigenvalue weighted by Gasteiger charge is 2.33. The van der Waals surface area contributed by atoms with Crippen LogP contribution in [0.15, 0.2) is 6.33 Å². The fourth-order valence-electron chi connectivity index (χ4n) is 3.94. The van der Waals surface area contributed by atoms with Gasteiger partial charge in [0, 0.05) is 38.9 Å². The second kappa shape index (κ2) is 7.32. The van der Waals surface area contributed by atoms with Gasteiger partial charge in [0.2, 0.25) is 11.8 Å². The minimum Gasteiger partial charge on any atom is -0.471 e. The molecule has 0 saturated carbocycles. The van der Waals surface area contributed by atoms with E-state index in [1.165, 1.54) is 17.5 Å². The second-order valence-electron chi connectivity index (χ2n) is 7.45. The largest absolute Gasteiger partial charge is 0.471 e. The molecule has 1 unspecified atom stereocenters. The standard InChI is InChI=1S/C17H24N6O5S/c1-3-23-14-13(20-16(23)21-7-5-12(9-21)29(2,26)27)15(19-10-18-14)28-11-4-6-22(8-11)17(24)25/h10-12H,3-9H2,1-2H3,(H,24,25)/t11-,12?/m0/s1. The van der Waals surface area contributed by atoms with Crippen molar-refractivity contribution in [2.24, 2.45) is 0 Å². The summed E-state index contributed by atoms with van der Waals surface area (Å²) >= 11 is 0. The lowest BCUT2D eigenvalue weighted by atomic mass is 10.3. The van der Waals surface area contributed by atoms with Crippen molar-refractivity contribution in [2.45, 2.75) is 37.7 Å². The maximum absolute atomic E-state index is 11.9. The molecule has 0 radical (unpaired) electrons. The SMILES string of the molecule is CCn1c(N2CCC(S(C)(=O)=O)C2)nc2c(O[C@H]3CCN(C(=O)O)C3)ncnc21. The lowest BCUT2D eigenvalue weighted by Gasteiger charge is -2.18. The number of likely N-dealkylation sites (tertiary alicyclic amines) is 1. The normalized spacial score (nSPS) is 22.6. The number of nitrogens with zero attached hydrogens (tertiary/aromatic N) is 6. The van der Waals surface area contributed by atoms with Crippen LogP contribution in [-0.4, -0.2) is 87.8 Å². The summed E-state index contributed by atoms with van der Waals surface area (Å²) < 4.78 is 31.7. The Bertz CT molecular complexity index is 1040. The van der Waals surface area contributed by atoms with Crippen molar-refractivity contribution in [1.82, 2.24) is 24.4 Å². The molecule has 0 aromatic carbocycles. The van der Waals surface area contributed by atoms with E-state index in [0.29, 0.717) is 62.0 Å². The average molecular weight is 424 g/mol. The molecule has 0 spiro atoms. The van der Waals surface area contributed by atoms with Gasteiger partial charge in [-0.1, -0.05) is 0 Å². The molecule has 1 N–H and O–H groups in total. The van der Waals surface area contributed by atoms with E-state index in [1.807, 2.05) is 16.4 Å². The van der Waals surface area contributed by atoms with Crippen LogP contribution >= 0.6 is 0 Å². The molecule has 2 saturated heterocycles. The number of aryl methyl sites for hydroxylation is 1. The van der Waals surface area contributed by atoms with E-state index < -0.39 is 21.2 Å². The number of amides is 1. The molecular weight excluding hydrogens is 400 g/mol. The van der Waals surface area contributed by atoms with Gasteiger partial charge in [-0.25, -0.2) is 23.2 Å². The number of aromatic nitrogens is 4. The Balaban J connectivity index is 1.63. The van der Waals surface area contributed by atoms with Crippen LogP contribution in [0, 0.1) is 0 Å². The predicted molar refractivity (Wildman–Crippen MR) is 105 cm³/mol. The molecule has 2 atom stereocenters. The summed E-state index contributed by atoms with van der Waals surface area (Å²) in [4.78, 5) is 27.7. The molecule has 2 aliphatic rings. The Hall–Kier alpha value is -2.63. The topological polar surface area (TPSA) is 131 Å².